The van der Waals surface area contributed by atoms with Crippen molar-refractivity contribution in [2.24, 2.45) is 0 Å². The van der Waals surface area contributed by atoms with Crippen molar-refractivity contribution in [1.29, 1.82) is 0 Å². The van der Waals surface area contributed by atoms with Crippen molar-refractivity contribution in [3.8, 4) is 0 Å². The van der Waals surface area contributed by atoms with Gasteiger partial charge in [-0.25, -0.2) is 4.98 Å². The molecule has 114 valence electrons. The number of nitrogens with one attached hydrogen (secondary N) is 1. The van der Waals surface area contributed by atoms with Crippen molar-refractivity contribution in [2.45, 2.75) is 19.4 Å². The van der Waals surface area contributed by atoms with Gasteiger partial charge in [0.1, 0.15) is 11.9 Å². The minimum atomic E-state index is -0.493. The van der Waals surface area contributed by atoms with E-state index in [1.54, 1.807) is 22.8 Å². The van der Waals surface area contributed by atoms with Crippen LogP contribution in [0.15, 0.2) is 12.3 Å². The molecule has 2 rings (SSSR count). The van der Waals surface area contributed by atoms with E-state index in [1.807, 2.05) is 14.1 Å². The molecule has 0 aliphatic carbocycles. The second-order valence-electron chi connectivity index (χ2n) is 5.24. The summed E-state index contributed by atoms with van der Waals surface area (Å²) in [6.07, 6.45) is 2.23. The van der Waals surface area contributed by atoms with E-state index in [9.17, 15) is 9.59 Å². The fourth-order valence-electron chi connectivity index (χ4n) is 2.26. The molecule has 1 aromatic heterocycles. The summed E-state index contributed by atoms with van der Waals surface area (Å²) in [4.78, 5) is 31.9. The zero-order valence-electron chi connectivity index (χ0n) is 12.4. The van der Waals surface area contributed by atoms with Crippen LogP contribution in [0.3, 0.4) is 0 Å². The van der Waals surface area contributed by atoms with Crippen molar-refractivity contribution in [1.82, 2.24) is 15.2 Å². The van der Waals surface area contributed by atoms with Crippen molar-refractivity contribution in [2.75, 3.05) is 32.1 Å². The Morgan fingerprint density at radius 2 is 2.24 bits per heavy atom. The highest BCUT2D eigenvalue weighted by Gasteiger charge is 2.28. The molecule has 0 spiro atoms. The number of aromatic nitrogens is 1. The molecule has 0 bridgehead atoms. The smallest absolute Gasteiger partial charge is 0.256 e. The van der Waals surface area contributed by atoms with Crippen LogP contribution in [0.25, 0.3) is 0 Å². The molecule has 1 fully saturated rings. The Morgan fingerprint density at radius 3 is 2.86 bits per heavy atom. The molecule has 0 radical (unpaired) electrons. The minimum Gasteiger partial charge on any atom is -0.362 e. The highest BCUT2D eigenvalue weighted by molar-refractivity contribution is 6.33. The van der Waals surface area contributed by atoms with Gasteiger partial charge in [0.2, 0.25) is 5.91 Å². The number of hydrogen-bond acceptors (Lipinski definition) is 4. The summed E-state index contributed by atoms with van der Waals surface area (Å²) in [6, 6.07) is 1.11. The van der Waals surface area contributed by atoms with E-state index in [1.165, 1.54) is 6.20 Å². The first-order chi connectivity index (χ1) is 9.91. The molecule has 1 aliphatic heterocycles. The lowest BCUT2D eigenvalue weighted by molar-refractivity contribution is -0.124. The van der Waals surface area contributed by atoms with Gasteiger partial charge in [0.05, 0.1) is 10.6 Å². The number of carbonyl (C=O) groups is 2. The largest absolute Gasteiger partial charge is 0.362 e. The summed E-state index contributed by atoms with van der Waals surface area (Å²) in [5.41, 5.74) is 0.396. The monoisotopic (exact) mass is 310 g/mol. The van der Waals surface area contributed by atoms with Gasteiger partial charge in [0, 0.05) is 33.4 Å². The summed E-state index contributed by atoms with van der Waals surface area (Å²) in [7, 11) is 3.66. The van der Waals surface area contributed by atoms with Gasteiger partial charge in [-0.3, -0.25) is 9.59 Å². The Morgan fingerprint density at radius 1 is 1.52 bits per heavy atom. The fourth-order valence-corrected chi connectivity index (χ4v) is 2.60. The molecule has 1 aromatic rings. The van der Waals surface area contributed by atoms with E-state index in [0.717, 1.165) is 6.42 Å². The third kappa shape index (κ3) is 3.26. The molecular weight excluding hydrogens is 292 g/mol. The maximum absolute atomic E-state index is 12.6. The molecule has 7 heteroatoms. The maximum atomic E-state index is 12.6. The number of pyridine rings is 1. The van der Waals surface area contributed by atoms with Crippen LogP contribution in [0.4, 0.5) is 5.82 Å². The van der Waals surface area contributed by atoms with E-state index < -0.39 is 6.04 Å². The Bertz CT molecular complexity index is 562. The third-order valence-corrected chi connectivity index (χ3v) is 3.75. The number of rotatable bonds is 2. The topological polar surface area (TPSA) is 65.5 Å². The zero-order chi connectivity index (χ0) is 15.6. The van der Waals surface area contributed by atoms with Gasteiger partial charge >= 0.3 is 0 Å². The average molecular weight is 311 g/mol. The van der Waals surface area contributed by atoms with Gasteiger partial charge in [-0.2, -0.15) is 0 Å². The van der Waals surface area contributed by atoms with Crippen molar-refractivity contribution < 1.29 is 9.59 Å². The Labute approximate surface area is 129 Å². The minimum absolute atomic E-state index is 0.134. The summed E-state index contributed by atoms with van der Waals surface area (Å²) >= 11 is 6.15. The number of halogens is 1. The van der Waals surface area contributed by atoms with E-state index in [0.29, 0.717) is 29.5 Å². The van der Waals surface area contributed by atoms with Crippen LogP contribution >= 0.6 is 11.6 Å². The molecule has 1 saturated heterocycles. The number of nitrogens with zero attached hydrogens (tertiary/aromatic N) is 3. The van der Waals surface area contributed by atoms with Crippen molar-refractivity contribution in [3.05, 3.63) is 22.8 Å². The van der Waals surface area contributed by atoms with E-state index in [-0.39, 0.29) is 11.8 Å². The molecule has 0 aromatic carbocycles. The number of hydrogen-bond donors (Lipinski definition) is 1. The second kappa shape index (κ2) is 6.30. The SMILES string of the molecule is C[C@H]1C(=O)NCCCN1C(=O)c1cnc(N(C)C)c(Cl)c1. The van der Waals surface area contributed by atoms with E-state index in [4.69, 9.17) is 11.6 Å². The van der Waals surface area contributed by atoms with Crippen molar-refractivity contribution in [3.63, 3.8) is 0 Å². The van der Waals surface area contributed by atoms with Gasteiger partial charge in [-0.15, -0.1) is 0 Å². The summed E-state index contributed by atoms with van der Waals surface area (Å²) in [5, 5.41) is 3.20. The number of anilines is 1. The van der Waals surface area contributed by atoms with Crippen molar-refractivity contribution >= 4 is 29.2 Å². The first kappa shape index (κ1) is 15.6. The molecule has 0 unspecified atom stereocenters. The highest BCUT2D eigenvalue weighted by Crippen LogP contribution is 2.23. The molecule has 2 amide bonds. The van der Waals surface area contributed by atoms with Crippen LogP contribution in [-0.4, -0.2) is 54.9 Å². The summed E-state index contributed by atoms with van der Waals surface area (Å²) in [6.45, 7) is 2.85. The molecule has 0 saturated carbocycles. The van der Waals surface area contributed by atoms with Gasteiger partial charge in [-0.1, -0.05) is 11.6 Å². The lowest BCUT2D eigenvalue weighted by Gasteiger charge is -2.25. The summed E-state index contributed by atoms with van der Waals surface area (Å²) < 4.78 is 0. The van der Waals surface area contributed by atoms with Gasteiger partial charge < -0.3 is 15.1 Å². The van der Waals surface area contributed by atoms with Gasteiger partial charge in [-0.05, 0) is 19.4 Å². The lowest BCUT2D eigenvalue weighted by atomic mass is 10.2. The predicted molar refractivity (Wildman–Crippen MR) is 81.7 cm³/mol. The molecule has 6 nitrogen and oxygen atoms in total. The fraction of sp³-hybridized carbons (Fsp3) is 0.500. The second-order valence-corrected chi connectivity index (χ2v) is 5.65. The summed E-state index contributed by atoms with van der Waals surface area (Å²) in [5.74, 6) is 0.249. The normalized spacial score (nSPS) is 19.0. The van der Waals surface area contributed by atoms with Crippen LogP contribution in [-0.2, 0) is 4.79 Å². The molecule has 2 heterocycles. The zero-order valence-corrected chi connectivity index (χ0v) is 13.1. The molecule has 21 heavy (non-hydrogen) atoms. The van der Waals surface area contributed by atoms with E-state index in [2.05, 4.69) is 10.3 Å². The molecule has 1 atom stereocenters. The van der Waals surface area contributed by atoms with Crippen LogP contribution in [0.2, 0.25) is 5.02 Å². The predicted octanol–water partition coefficient (Wildman–Crippen LogP) is 1.15. The van der Waals surface area contributed by atoms with Gasteiger partial charge in [0.25, 0.3) is 5.91 Å². The Kier molecular flexibility index (Phi) is 4.67. The quantitative estimate of drug-likeness (QED) is 0.890. The lowest BCUT2D eigenvalue weighted by Crippen LogP contribution is -2.45. The molecule has 1 aliphatic rings. The molecular formula is C14H19ClN4O2. The van der Waals surface area contributed by atoms with E-state index >= 15 is 0 Å². The number of amides is 2. The van der Waals surface area contributed by atoms with Crippen LogP contribution in [0.1, 0.15) is 23.7 Å². The van der Waals surface area contributed by atoms with Crippen LogP contribution in [0, 0.1) is 0 Å². The van der Waals surface area contributed by atoms with Crippen LogP contribution < -0.4 is 10.2 Å². The first-order valence-electron chi connectivity index (χ1n) is 6.83. The molecule has 1 N–H and O–H groups in total. The Balaban J connectivity index is 2.26. The first-order valence-corrected chi connectivity index (χ1v) is 7.21. The maximum Gasteiger partial charge on any atom is 0.256 e. The Hall–Kier alpha value is -1.82. The average Bonchev–Trinajstić information content (AvgIpc) is 2.60. The number of carbonyl (C=O) groups excluding carboxylic acids is 2. The third-order valence-electron chi connectivity index (χ3n) is 3.48. The highest BCUT2D eigenvalue weighted by atomic mass is 35.5. The standard InChI is InChI=1S/C14H19ClN4O2/c1-9-13(20)16-5-4-6-19(9)14(21)10-7-11(15)12(17-8-10)18(2)3/h7-9H,4-6H2,1-3H3,(H,16,20)/t9-/m0/s1. The van der Waals surface area contributed by atoms with Crippen LogP contribution in [0.5, 0.6) is 0 Å². The van der Waals surface area contributed by atoms with Gasteiger partial charge in [0.15, 0.2) is 0 Å².